The molecule has 1 aromatic rings. The van der Waals surface area contributed by atoms with Gasteiger partial charge >= 0.3 is 0 Å². The van der Waals surface area contributed by atoms with Gasteiger partial charge in [-0.25, -0.2) is 4.39 Å². The summed E-state index contributed by atoms with van der Waals surface area (Å²) in [5, 5.41) is 6.49. The summed E-state index contributed by atoms with van der Waals surface area (Å²) in [6.45, 7) is 9.14. The number of nitrogens with one attached hydrogen (secondary N) is 2. The van der Waals surface area contributed by atoms with E-state index in [9.17, 15) is 4.39 Å². The molecule has 0 bridgehead atoms. The molecule has 0 atom stereocenters. The number of hydrogen-bond acceptors (Lipinski definition) is 3. The number of rotatable bonds is 6. The van der Waals surface area contributed by atoms with Gasteiger partial charge in [-0.15, -0.1) is 0 Å². The third-order valence-electron chi connectivity index (χ3n) is 3.40. The fraction of sp³-hybridized carbons (Fsp3) is 0.588. The zero-order valence-corrected chi connectivity index (χ0v) is 14.1. The molecule has 0 amide bonds. The van der Waals surface area contributed by atoms with E-state index in [1.165, 1.54) is 12.1 Å². The Labute approximate surface area is 137 Å². The molecule has 6 heteroatoms. The third kappa shape index (κ3) is 5.39. The lowest BCUT2D eigenvalue weighted by Crippen LogP contribution is -2.38. The molecule has 0 unspecified atom stereocenters. The Morgan fingerprint density at radius 1 is 1.35 bits per heavy atom. The molecule has 0 fully saturated rings. The van der Waals surface area contributed by atoms with Crippen molar-refractivity contribution in [1.29, 1.82) is 0 Å². The van der Waals surface area contributed by atoms with E-state index in [2.05, 4.69) is 29.5 Å². The standard InChI is InChI=1S/C17H26FN3O2/c1-4-19-17(21-9-12(2)3)20-6-5-13-7-15(18)8-14-10-22-11-23-16(13)14/h7-8,12H,4-6,9-11H2,1-3H3,(H2,19,20,21). The van der Waals surface area contributed by atoms with Crippen molar-refractivity contribution in [2.45, 2.75) is 33.8 Å². The van der Waals surface area contributed by atoms with Gasteiger partial charge in [-0.3, -0.25) is 4.99 Å². The van der Waals surface area contributed by atoms with Crippen molar-refractivity contribution in [1.82, 2.24) is 10.6 Å². The van der Waals surface area contributed by atoms with Crippen LogP contribution in [0.5, 0.6) is 5.75 Å². The van der Waals surface area contributed by atoms with Gasteiger partial charge in [0.2, 0.25) is 0 Å². The van der Waals surface area contributed by atoms with Crippen LogP contribution in [-0.2, 0) is 17.8 Å². The lowest BCUT2D eigenvalue weighted by atomic mass is 10.1. The topological polar surface area (TPSA) is 54.9 Å². The van der Waals surface area contributed by atoms with E-state index in [1.807, 2.05) is 6.92 Å². The van der Waals surface area contributed by atoms with Crippen molar-refractivity contribution in [3.8, 4) is 5.75 Å². The van der Waals surface area contributed by atoms with E-state index in [0.717, 1.165) is 35.9 Å². The van der Waals surface area contributed by atoms with Gasteiger partial charge in [0.1, 0.15) is 11.6 Å². The van der Waals surface area contributed by atoms with Crippen molar-refractivity contribution in [3.05, 3.63) is 29.1 Å². The summed E-state index contributed by atoms with van der Waals surface area (Å²) < 4.78 is 24.4. The van der Waals surface area contributed by atoms with Gasteiger partial charge in [0, 0.05) is 25.2 Å². The summed E-state index contributed by atoms with van der Waals surface area (Å²) in [5.74, 6) is 1.79. The number of hydrogen-bond donors (Lipinski definition) is 2. The molecule has 0 saturated carbocycles. The van der Waals surface area contributed by atoms with Crippen LogP contribution in [0.2, 0.25) is 0 Å². The lowest BCUT2D eigenvalue weighted by molar-refractivity contribution is -0.0172. The van der Waals surface area contributed by atoms with Crippen LogP contribution in [0.3, 0.4) is 0 Å². The largest absolute Gasteiger partial charge is 0.467 e. The monoisotopic (exact) mass is 323 g/mol. The second kappa shape index (κ2) is 8.72. The van der Waals surface area contributed by atoms with Gasteiger partial charge in [0.15, 0.2) is 12.8 Å². The summed E-state index contributed by atoms with van der Waals surface area (Å²) in [5.41, 5.74) is 1.63. The second-order valence-electron chi connectivity index (χ2n) is 5.95. The molecule has 23 heavy (non-hydrogen) atoms. The Morgan fingerprint density at radius 3 is 2.91 bits per heavy atom. The SMILES string of the molecule is CCNC(=NCC(C)C)NCCc1cc(F)cc2c1OCOC2. The zero-order valence-electron chi connectivity index (χ0n) is 14.1. The van der Waals surface area contributed by atoms with Gasteiger partial charge in [0.05, 0.1) is 6.61 Å². The highest BCUT2D eigenvalue weighted by Gasteiger charge is 2.16. The summed E-state index contributed by atoms with van der Waals surface area (Å²) in [6.07, 6.45) is 0.659. The first-order valence-electron chi connectivity index (χ1n) is 8.14. The molecule has 0 saturated heterocycles. The van der Waals surface area contributed by atoms with Crippen LogP contribution in [0.1, 0.15) is 31.9 Å². The molecule has 1 heterocycles. The van der Waals surface area contributed by atoms with Crippen LogP contribution < -0.4 is 15.4 Å². The molecule has 0 radical (unpaired) electrons. The van der Waals surface area contributed by atoms with E-state index in [1.54, 1.807) is 0 Å². The number of ether oxygens (including phenoxy) is 2. The normalized spacial score (nSPS) is 14.4. The molecule has 5 nitrogen and oxygen atoms in total. The number of halogens is 1. The number of guanidine groups is 1. The molecule has 2 rings (SSSR count). The van der Waals surface area contributed by atoms with Gasteiger partial charge in [0.25, 0.3) is 0 Å². The Balaban J connectivity index is 1.97. The minimum absolute atomic E-state index is 0.220. The fourth-order valence-electron chi connectivity index (χ4n) is 2.37. The first-order valence-corrected chi connectivity index (χ1v) is 8.14. The van der Waals surface area contributed by atoms with Crippen molar-refractivity contribution < 1.29 is 13.9 Å². The van der Waals surface area contributed by atoms with E-state index in [4.69, 9.17) is 9.47 Å². The summed E-state index contributed by atoms with van der Waals surface area (Å²) in [4.78, 5) is 4.52. The molecule has 1 aliphatic rings. The summed E-state index contributed by atoms with van der Waals surface area (Å²) in [7, 11) is 0. The average Bonchev–Trinajstić information content (AvgIpc) is 2.52. The average molecular weight is 323 g/mol. The lowest BCUT2D eigenvalue weighted by Gasteiger charge is -2.21. The molecule has 2 N–H and O–H groups in total. The smallest absolute Gasteiger partial charge is 0.191 e. The maximum Gasteiger partial charge on any atom is 0.191 e. The van der Waals surface area contributed by atoms with Crippen LogP contribution in [-0.4, -0.2) is 32.4 Å². The molecule has 0 aliphatic carbocycles. The van der Waals surface area contributed by atoms with Crippen LogP contribution in [0, 0.1) is 11.7 Å². The van der Waals surface area contributed by atoms with Crippen LogP contribution in [0.15, 0.2) is 17.1 Å². The van der Waals surface area contributed by atoms with Crippen molar-refractivity contribution in [2.24, 2.45) is 10.9 Å². The Kier molecular flexibility index (Phi) is 6.65. The molecule has 1 aliphatic heterocycles. The second-order valence-corrected chi connectivity index (χ2v) is 5.95. The molecule has 0 spiro atoms. The number of fused-ring (bicyclic) bond motifs is 1. The van der Waals surface area contributed by atoms with E-state index < -0.39 is 0 Å². The molecule has 1 aromatic carbocycles. The molecular weight excluding hydrogens is 297 g/mol. The van der Waals surface area contributed by atoms with Crippen LogP contribution in [0.25, 0.3) is 0 Å². The highest BCUT2D eigenvalue weighted by molar-refractivity contribution is 5.79. The van der Waals surface area contributed by atoms with E-state index >= 15 is 0 Å². The van der Waals surface area contributed by atoms with Crippen molar-refractivity contribution in [2.75, 3.05) is 26.4 Å². The number of aliphatic imine (C=N–C) groups is 1. The minimum Gasteiger partial charge on any atom is -0.467 e. The van der Waals surface area contributed by atoms with Gasteiger partial charge in [-0.05, 0) is 37.0 Å². The molecular formula is C17H26FN3O2. The minimum atomic E-state index is -0.256. The fourth-order valence-corrected chi connectivity index (χ4v) is 2.37. The predicted molar refractivity (Wildman–Crippen MR) is 89.2 cm³/mol. The maximum atomic E-state index is 13.7. The summed E-state index contributed by atoms with van der Waals surface area (Å²) in [6, 6.07) is 3.00. The third-order valence-corrected chi connectivity index (χ3v) is 3.40. The van der Waals surface area contributed by atoms with Crippen LogP contribution in [0.4, 0.5) is 4.39 Å². The van der Waals surface area contributed by atoms with Crippen molar-refractivity contribution in [3.63, 3.8) is 0 Å². The Bertz CT molecular complexity index is 547. The van der Waals surface area contributed by atoms with Crippen molar-refractivity contribution >= 4 is 5.96 Å². The first-order chi connectivity index (χ1) is 11.1. The van der Waals surface area contributed by atoms with E-state index in [0.29, 0.717) is 25.5 Å². The Hall–Kier alpha value is -1.82. The Morgan fingerprint density at radius 2 is 2.17 bits per heavy atom. The quantitative estimate of drug-likeness (QED) is 0.624. The van der Waals surface area contributed by atoms with Gasteiger partial charge in [-0.2, -0.15) is 0 Å². The maximum absolute atomic E-state index is 13.7. The molecule has 128 valence electrons. The highest BCUT2D eigenvalue weighted by Crippen LogP contribution is 2.29. The van der Waals surface area contributed by atoms with Gasteiger partial charge in [-0.1, -0.05) is 13.8 Å². The highest BCUT2D eigenvalue weighted by atomic mass is 19.1. The summed E-state index contributed by atoms with van der Waals surface area (Å²) >= 11 is 0. The van der Waals surface area contributed by atoms with Crippen LogP contribution >= 0.6 is 0 Å². The molecule has 0 aromatic heterocycles. The van der Waals surface area contributed by atoms with E-state index in [-0.39, 0.29) is 12.6 Å². The number of benzene rings is 1. The van der Waals surface area contributed by atoms with Gasteiger partial charge < -0.3 is 20.1 Å². The first kappa shape index (κ1) is 17.5. The number of nitrogens with zero attached hydrogens (tertiary/aromatic N) is 1. The zero-order chi connectivity index (χ0) is 16.7. The predicted octanol–water partition coefficient (Wildman–Crippen LogP) is 2.45.